The number of fused-ring (bicyclic) bond motifs is 2. The van der Waals surface area contributed by atoms with Gasteiger partial charge in [-0.05, 0) is 25.5 Å². The van der Waals surface area contributed by atoms with Gasteiger partial charge in [0.05, 0.1) is 11.1 Å². The van der Waals surface area contributed by atoms with Crippen LogP contribution in [-0.2, 0) is 102 Å². The first-order valence-corrected chi connectivity index (χ1v) is 19.9. The number of rotatable bonds is 8. The molecule has 0 aliphatic rings. The minimum Gasteiger partial charge on any atom is -0.482 e. The van der Waals surface area contributed by atoms with Crippen molar-refractivity contribution in [2.24, 2.45) is 14.1 Å². The Kier molecular flexibility index (Phi) is 486. The molecule has 0 spiro atoms. The van der Waals surface area contributed by atoms with E-state index in [4.69, 9.17) is 298 Å². The zero-order chi connectivity index (χ0) is 98.5. The van der Waals surface area contributed by atoms with Crippen LogP contribution in [0, 0.1) is 26.0 Å². The molecule has 2 aromatic heterocycles. The molecule has 6 aromatic rings. The van der Waals surface area contributed by atoms with Gasteiger partial charge in [0.15, 0.2) is 0 Å². The molecule has 2 amide bonds. The predicted octanol–water partition coefficient (Wildman–Crippen LogP) is 33.9. The van der Waals surface area contributed by atoms with Crippen molar-refractivity contribution in [2.75, 3.05) is 10.6 Å². The number of carbonyl (C=O) groups excluding carboxylic acids is 3. The van der Waals surface area contributed by atoms with Crippen LogP contribution >= 0.6 is 0 Å². The molecule has 0 aliphatic heterocycles. The molecule has 0 saturated heterocycles. The predicted molar refractivity (Wildman–Crippen MR) is 261 cm³/mol. The molecule has 2 radical (unpaired) electrons. The van der Waals surface area contributed by atoms with E-state index < -0.39 is 5.97 Å². The maximum absolute atomic E-state index is 12.6. The van der Waals surface area contributed by atoms with Crippen molar-refractivity contribution in [3.63, 3.8) is 0 Å². The summed E-state index contributed by atoms with van der Waals surface area (Å²) >= 11 is 0. The summed E-state index contributed by atoms with van der Waals surface area (Å²) in [4.78, 5) is 47.3. The van der Waals surface area contributed by atoms with Gasteiger partial charge in [0, 0.05) is 413 Å². The Balaban J connectivity index is -0.0000000248. The largest absolute Gasteiger partial charge is 0.482 e. The van der Waals surface area contributed by atoms with E-state index in [-0.39, 0.29) is 94.1 Å². The maximum Gasteiger partial charge on any atom is 0.296 e. The molecular formula is C39H37F65N4O5Y2-2. The summed E-state index contributed by atoms with van der Waals surface area (Å²) in [5.74, 6) is -1.16. The zero-order valence-electron chi connectivity index (χ0n) is 53.2. The molecule has 0 aliphatic carbocycles. The average molecular weight is 2050 g/mol. The number of nitrogens with zero attached hydrogens (tertiary/aromatic N) is 2. The molecule has 4 aromatic carbocycles. The molecule has 0 unspecified atom stereocenters. The van der Waals surface area contributed by atoms with E-state index in [1.54, 1.807) is 31.3 Å². The Hall–Kier alpha value is -8.30. The normalized spacial score (nSPS) is 6.17. The molecular weight excluding hydrogens is 2020 g/mol. The average Bonchev–Trinajstić information content (AvgIpc) is 1.67. The van der Waals surface area contributed by atoms with E-state index in [9.17, 15) is 19.2 Å². The third kappa shape index (κ3) is 148. The van der Waals surface area contributed by atoms with Gasteiger partial charge < -0.3 is 29.7 Å². The summed E-state index contributed by atoms with van der Waals surface area (Å²) in [5, 5.41) is 16.4. The van der Waals surface area contributed by atoms with Crippen LogP contribution in [0.4, 0.5) is 309 Å². The fraction of sp³-hybridized carbons (Fsp3) is 0.179. The van der Waals surface area contributed by atoms with Crippen molar-refractivity contribution < 1.29 is 387 Å². The number of aromatic nitrogens is 2. The van der Waals surface area contributed by atoms with Gasteiger partial charge in [-0.2, -0.15) is 35.4 Å². The van der Waals surface area contributed by atoms with Crippen LogP contribution in [0.3, 0.4) is 0 Å². The molecule has 0 saturated carbocycles. The van der Waals surface area contributed by atoms with E-state index in [0.29, 0.717) is 34.5 Å². The maximum atomic E-state index is 12.6. The Morgan fingerprint density at radius 1 is 0.322 bits per heavy atom. The number of hydrogen-bond donors (Lipinski definition) is 3. The summed E-state index contributed by atoms with van der Waals surface area (Å²) in [6.45, 7) is 5.31. The van der Waals surface area contributed by atoms with Gasteiger partial charge in [-0.15, -0.1) is 23.3 Å². The third-order valence-electron chi connectivity index (χ3n) is 8.10. The van der Waals surface area contributed by atoms with Crippen LogP contribution in [0.5, 0.6) is 0 Å². The van der Waals surface area contributed by atoms with Crippen molar-refractivity contribution in [3.05, 3.63) is 131 Å². The molecule has 9 nitrogen and oxygen atoms in total. The number of halogens is 65. The van der Waals surface area contributed by atoms with E-state index in [1.165, 1.54) is 0 Å². The van der Waals surface area contributed by atoms with E-state index in [2.05, 4.69) is 22.8 Å². The van der Waals surface area contributed by atoms with Gasteiger partial charge in [0.25, 0.3) is 17.8 Å². The Bertz CT molecular complexity index is 2160. The smallest absolute Gasteiger partial charge is 0.296 e. The number of hydrogen-bond acceptors (Lipinski definition) is 4. The van der Waals surface area contributed by atoms with Crippen LogP contribution in [0.2, 0.25) is 0 Å². The van der Waals surface area contributed by atoms with E-state index >= 15 is 0 Å². The molecule has 0 fully saturated rings. The van der Waals surface area contributed by atoms with Crippen LogP contribution in [-0.4, -0.2) is 37.8 Å². The SMILES string of the molecule is CC(=O)Cc1c[c-]c(NC(=O)c2cn(C)c3ccccc23)cc1C.Cc1cc(NC(=O)c2cn(C)c3ccccc23)[c-]cc1CC(=O)O.F.FF.FF.FF.FF.FF.FF.FF.FF.FF.FF.FF.FF.FF.FF.FF.FF.FF.FF.FF.FF.FF.FF.FF.FF.FF.FF.FF.FF.FF.FF.FF.FF.[Y].[Y]. The van der Waals surface area contributed by atoms with Gasteiger partial charge in [-0.25, -0.2) is 0 Å². The van der Waals surface area contributed by atoms with Crippen LogP contribution in [0.25, 0.3) is 21.8 Å². The van der Waals surface area contributed by atoms with Crippen LogP contribution < -0.4 is 10.6 Å². The molecule has 0 atom stereocenters. The Morgan fingerprint density at radius 2 is 0.496 bits per heavy atom. The molecule has 115 heavy (non-hydrogen) atoms. The second kappa shape index (κ2) is 268. The third-order valence-corrected chi connectivity index (χ3v) is 8.10. The number of Topliss-reactive ketones (excluding diaryl/α,β-unsaturated/α-hetero) is 1. The molecule has 0 bridgehead atoms. The quantitative estimate of drug-likeness (QED) is 0.103. The molecule has 76 heteroatoms. The van der Waals surface area contributed by atoms with Crippen LogP contribution in [0.1, 0.15) is 49.9 Å². The second-order valence-corrected chi connectivity index (χ2v) is 11.8. The first-order valence-electron chi connectivity index (χ1n) is 19.9. The van der Waals surface area contributed by atoms with Crippen LogP contribution in [0.15, 0.2) is 85.2 Å². The number of para-hydroxylation sites is 2. The van der Waals surface area contributed by atoms with Gasteiger partial charge in [0.1, 0.15) is 5.78 Å². The van der Waals surface area contributed by atoms with Gasteiger partial charge in [-0.3, -0.25) is 19.1 Å². The van der Waals surface area contributed by atoms with Gasteiger partial charge in [0.2, 0.25) is 0 Å². The summed E-state index contributed by atoms with van der Waals surface area (Å²) in [6, 6.07) is 28.5. The number of carboxylic acid groups (broad SMARTS) is 1. The standard InChI is InChI=1S/C20H19N2O2.C19H17N2O3.32F2.FH.2Y/c1-13-10-16(9-8-15(13)11-14(2)23)21-20(24)18-12-22(3)19-7-5-4-6-17(18)19;1-12-9-14(8-7-13(12)10-18(22)23)20-19(24)16-11-21(2)17-6-4-3-5-15(16)17;32*1-2;;;/h4-8,10,12H,11H2,1-3H3,(H,21,24);3-7,9,11H,10H2,1-2H3,(H,20,24)(H,22,23);;;;;;;;;;;;;;;;;;;;;;;;;;;;;;;;;1H;;/q2*-1;;;;;;;;;;;;;;;;;;;;;;;;;;;;;;;;;;;. The zero-order valence-corrected chi connectivity index (χ0v) is 58.9. The summed E-state index contributed by atoms with van der Waals surface area (Å²) < 4.78 is 516. The number of nitrogens with one attached hydrogen (secondary N) is 2. The monoisotopic (exact) mass is 2050 g/mol. The number of ketones is 1. The molecule has 706 valence electrons. The summed E-state index contributed by atoms with van der Waals surface area (Å²) in [7, 11) is 3.82. The molecule has 6 rings (SSSR count). The molecule has 2 heterocycles. The fourth-order valence-corrected chi connectivity index (χ4v) is 5.64. The summed E-state index contributed by atoms with van der Waals surface area (Å²) in [6.07, 6.45) is 3.96. The second-order valence-electron chi connectivity index (χ2n) is 11.8. The van der Waals surface area contributed by atoms with Crippen molar-refractivity contribution >= 4 is 56.7 Å². The summed E-state index contributed by atoms with van der Waals surface area (Å²) in [5.41, 5.74) is 7.76. The van der Waals surface area contributed by atoms with Crippen molar-refractivity contribution in [1.82, 2.24) is 9.13 Å². The van der Waals surface area contributed by atoms with Crippen molar-refractivity contribution in [3.8, 4) is 0 Å². The first kappa shape index (κ1) is 208. The number of carboxylic acids is 1. The fourth-order valence-electron chi connectivity index (χ4n) is 5.64. The first-order chi connectivity index (χ1) is 54.9. The number of amides is 2. The van der Waals surface area contributed by atoms with Crippen molar-refractivity contribution in [1.29, 1.82) is 0 Å². The van der Waals surface area contributed by atoms with Gasteiger partial charge >= 0.3 is 0 Å². The minimum absolute atomic E-state index is 0. The topological polar surface area (TPSA) is 122 Å². The number of aliphatic carboxylic acids is 1. The number of anilines is 2. The number of benzene rings is 4. The number of aryl methyl sites for hydroxylation is 4. The molecule has 3 N–H and O–H groups in total. The van der Waals surface area contributed by atoms with E-state index in [1.807, 2.05) is 97.9 Å². The van der Waals surface area contributed by atoms with E-state index in [0.717, 1.165) is 38.5 Å². The minimum atomic E-state index is -0.890. The number of carbonyl (C=O) groups is 4. The van der Waals surface area contributed by atoms with Gasteiger partial charge in [-0.1, -0.05) is 61.6 Å². The Labute approximate surface area is 640 Å². The Morgan fingerprint density at radius 3 is 0.661 bits per heavy atom. The van der Waals surface area contributed by atoms with Crippen molar-refractivity contribution in [2.45, 2.75) is 33.6 Å².